The molecule has 0 radical (unpaired) electrons. The predicted octanol–water partition coefficient (Wildman–Crippen LogP) is 3.34. The van der Waals surface area contributed by atoms with Crippen molar-refractivity contribution in [2.75, 3.05) is 11.9 Å². The fraction of sp³-hybridized carbons (Fsp3) is 0.167. The first kappa shape index (κ1) is 14.3. The minimum atomic E-state index is -4.38. The second kappa shape index (κ2) is 5.91. The molecular weight excluding hydrogens is 293 g/mol. The summed E-state index contributed by atoms with van der Waals surface area (Å²) in [7, 11) is 0. The lowest BCUT2D eigenvalue weighted by Gasteiger charge is -2.09. The molecule has 1 heterocycles. The summed E-state index contributed by atoms with van der Waals surface area (Å²) in [5.41, 5.74) is 2.26. The molecule has 0 aliphatic carbocycles. The molecule has 1 aromatic carbocycles. The zero-order chi connectivity index (χ0) is 14.6. The number of anilines is 1. The van der Waals surface area contributed by atoms with Gasteiger partial charge in [-0.3, -0.25) is 4.79 Å². The Morgan fingerprint density at radius 1 is 1.30 bits per heavy atom. The van der Waals surface area contributed by atoms with Crippen LogP contribution in [0.3, 0.4) is 0 Å². The maximum absolute atomic E-state index is 12.0. The topological polar surface area (TPSA) is 51.2 Å². The van der Waals surface area contributed by atoms with Crippen molar-refractivity contribution in [2.45, 2.75) is 6.18 Å². The normalized spacial score (nSPS) is 11.2. The highest BCUT2D eigenvalue weighted by molar-refractivity contribution is 7.07. The van der Waals surface area contributed by atoms with Gasteiger partial charge in [-0.05, 0) is 24.3 Å². The highest BCUT2D eigenvalue weighted by atomic mass is 32.1. The molecule has 0 aliphatic rings. The number of carbonyl (C=O) groups excluding carboxylic acids is 1. The van der Waals surface area contributed by atoms with Crippen molar-refractivity contribution in [3.8, 4) is 5.75 Å². The second-order valence-electron chi connectivity index (χ2n) is 3.76. The second-order valence-corrected chi connectivity index (χ2v) is 4.47. The fourth-order valence-corrected chi connectivity index (χ4v) is 1.85. The van der Waals surface area contributed by atoms with E-state index in [1.807, 2.05) is 0 Å². The van der Waals surface area contributed by atoms with E-state index in [0.717, 1.165) is 0 Å². The van der Waals surface area contributed by atoms with Crippen LogP contribution in [0.4, 0.5) is 18.9 Å². The number of ether oxygens (including phenoxy) is 1. The Hall–Kier alpha value is -2.09. The van der Waals surface area contributed by atoms with Crippen molar-refractivity contribution in [2.24, 2.45) is 0 Å². The van der Waals surface area contributed by atoms with Crippen molar-refractivity contribution in [3.05, 3.63) is 40.8 Å². The van der Waals surface area contributed by atoms with Crippen LogP contribution in [-0.4, -0.2) is 23.7 Å². The molecular formula is C12H9F3N2O2S. The minimum absolute atomic E-state index is 0.0778. The molecule has 1 amide bonds. The number of halogens is 3. The van der Waals surface area contributed by atoms with Gasteiger partial charge in [0.05, 0.1) is 5.51 Å². The summed E-state index contributed by atoms with van der Waals surface area (Å²) in [5, 5.41) is 4.16. The lowest BCUT2D eigenvalue weighted by Crippen LogP contribution is -2.19. The number of alkyl halides is 3. The smallest absolute Gasteiger partial charge is 0.422 e. The zero-order valence-electron chi connectivity index (χ0n) is 9.98. The van der Waals surface area contributed by atoms with E-state index >= 15 is 0 Å². The first-order valence-electron chi connectivity index (χ1n) is 5.43. The largest absolute Gasteiger partial charge is 0.484 e. The van der Waals surface area contributed by atoms with Gasteiger partial charge in [-0.15, -0.1) is 11.3 Å². The van der Waals surface area contributed by atoms with Gasteiger partial charge >= 0.3 is 6.18 Å². The van der Waals surface area contributed by atoms with E-state index in [4.69, 9.17) is 0 Å². The van der Waals surface area contributed by atoms with Crippen LogP contribution in [0.2, 0.25) is 0 Å². The Kier molecular flexibility index (Phi) is 4.23. The van der Waals surface area contributed by atoms with Crippen LogP contribution in [0.25, 0.3) is 0 Å². The van der Waals surface area contributed by atoms with Gasteiger partial charge in [0, 0.05) is 11.1 Å². The van der Waals surface area contributed by atoms with Crippen molar-refractivity contribution < 1.29 is 22.7 Å². The molecule has 0 aliphatic heterocycles. The molecule has 0 unspecified atom stereocenters. The van der Waals surface area contributed by atoms with Crippen LogP contribution >= 0.6 is 11.3 Å². The van der Waals surface area contributed by atoms with E-state index in [2.05, 4.69) is 15.0 Å². The van der Waals surface area contributed by atoms with Crippen LogP contribution in [-0.2, 0) is 0 Å². The van der Waals surface area contributed by atoms with Crippen LogP contribution in [0.15, 0.2) is 35.2 Å². The lowest BCUT2D eigenvalue weighted by molar-refractivity contribution is -0.153. The summed E-state index contributed by atoms with van der Waals surface area (Å²) in [6.07, 6.45) is -4.38. The molecule has 0 saturated heterocycles. The van der Waals surface area contributed by atoms with Gasteiger partial charge in [0.25, 0.3) is 5.91 Å². The average Bonchev–Trinajstić information content (AvgIpc) is 2.91. The van der Waals surface area contributed by atoms with Gasteiger partial charge in [-0.1, -0.05) is 0 Å². The first-order chi connectivity index (χ1) is 9.44. The number of aromatic nitrogens is 1. The summed E-state index contributed by atoms with van der Waals surface area (Å²) in [6, 6.07) is 5.61. The Morgan fingerprint density at radius 2 is 2.00 bits per heavy atom. The number of nitrogens with one attached hydrogen (secondary N) is 1. The molecule has 4 nitrogen and oxygen atoms in total. The zero-order valence-corrected chi connectivity index (χ0v) is 10.8. The molecule has 8 heteroatoms. The fourth-order valence-electron chi connectivity index (χ4n) is 1.32. The number of hydrogen-bond donors (Lipinski definition) is 1. The van der Waals surface area contributed by atoms with E-state index in [-0.39, 0.29) is 17.4 Å². The number of carbonyl (C=O) groups is 1. The summed E-state index contributed by atoms with van der Waals surface area (Å²) in [5.74, 6) is -0.302. The number of hydrogen-bond acceptors (Lipinski definition) is 4. The highest BCUT2D eigenvalue weighted by Gasteiger charge is 2.28. The molecule has 0 spiro atoms. The lowest BCUT2D eigenvalue weighted by atomic mass is 10.3. The van der Waals surface area contributed by atoms with Crippen LogP contribution in [0, 0.1) is 0 Å². The Balaban J connectivity index is 1.93. The number of nitrogens with zero attached hydrogens (tertiary/aromatic N) is 1. The standard InChI is InChI=1S/C12H9F3N2O2S/c13-12(14,15)6-19-9-3-1-8(2-4-9)17-11(18)10-5-20-7-16-10/h1-5,7H,6H2,(H,17,18). The summed E-state index contributed by atoms with van der Waals surface area (Å²) in [6.45, 7) is -1.35. The van der Waals surface area contributed by atoms with Crippen molar-refractivity contribution >= 4 is 22.9 Å². The van der Waals surface area contributed by atoms with Crippen LogP contribution < -0.4 is 10.1 Å². The Bertz CT molecular complexity index is 567. The van der Waals surface area contributed by atoms with E-state index in [1.165, 1.54) is 41.1 Å². The number of thiazole rings is 1. The van der Waals surface area contributed by atoms with Crippen LogP contribution in [0.1, 0.15) is 10.5 Å². The van der Waals surface area contributed by atoms with Gasteiger partial charge in [-0.25, -0.2) is 4.98 Å². The molecule has 1 aromatic heterocycles. The molecule has 1 N–H and O–H groups in total. The molecule has 106 valence electrons. The van der Waals surface area contributed by atoms with Crippen molar-refractivity contribution in [3.63, 3.8) is 0 Å². The molecule has 0 saturated carbocycles. The third-order valence-electron chi connectivity index (χ3n) is 2.18. The Morgan fingerprint density at radius 3 is 2.55 bits per heavy atom. The van der Waals surface area contributed by atoms with Crippen molar-refractivity contribution in [1.29, 1.82) is 0 Å². The molecule has 20 heavy (non-hydrogen) atoms. The van der Waals surface area contributed by atoms with Crippen LogP contribution in [0.5, 0.6) is 5.75 Å². The van der Waals surface area contributed by atoms with Gasteiger partial charge < -0.3 is 10.1 Å². The number of rotatable bonds is 4. The van der Waals surface area contributed by atoms with Gasteiger partial charge in [0.2, 0.25) is 0 Å². The average molecular weight is 302 g/mol. The number of benzene rings is 1. The van der Waals surface area contributed by atoms with Gasteiger partial charge in [0.1, 0.15) is 11.4 Å². The SMILES string of the molecule is O=C(Nc1ccc(OCC(F)(F)F)cc1)c1cscn1. The van der Waals surface area contributed by atoms with Gasteiger partial charge in [0.15, 0.2) is 6.61 Å². The van der Waals surface area contributed by atoms with E-state index < -0.39 is 12.8 Å². The summed E-state index contributed by atoms with van der Waals surface area (Å²) in [4.78, 5) is 15.5. The van der Waals surface area contributed by atoms with Crippen molar-refractivity contribution in [1.82, 2.24) is 4.98 Å². The molecule has 2 aromatic rings. The molecule has 0 bridgehead atoms. The van der Waals surface area contributed by atoms with E-state index in [0.29, 0.717) is 5.69 Å². The molecule has 2 rings (SSSR count). The summed E-state index contributed by atoms with van der Waals surface area (Å²) < 4.78 is 40.4. The maximum atomic E-state index is 12.0. The monoisotopic (exact) mass is 302 g/mol. The minimum Gasteiger partial charge on any atom is -0.484 e. The van der Waals surface area contributed by atoms with Gasteiger partial charge in [-0.2, -0.15) is 13.2 Å². The molecule has 0 atom stereocenters. The predicted molar refractivity (Wildman–Crippen MR) is 68.1 cm³/mol. The third-order valence-corrected chi connectivity index (χ3v) is 2.77. The van der Waals surface area contributed by atoms with E-state index in [1.54, 1.807) is 5.38 Å². The molecule has 0 fully saturated rings. The summed E-state index contributed by atoms with van der Waals surface area (Å²) >= 11 is 1.29. The maximum Gasteiger partial charge on any atom is 0.422 e. The highest BCUT2D eigenvalue weighted by Crippen LogP contribution is 2.20. The first-order valence-corrected chi connectivity index (χ1v) is 6.37. The van der Waals surface area contributed by atoms with E-state index in [9.17, 15) is 18.0 Å². The number of amides is 1. The third kappa shape index (κ3) is 4.23. The quantitative estimate of drug-likeness (QED) is 0.942. The Labute approximate surface area is 116 Å².